The van der Waals surface area contributed by atoms with Gasteiger partial charge in [0.05, 0.1) is 4.47 Å². The zero-order valence-corrected chi connectivity index (χ0v) is 14.1. The van der Waals surface area contributed by atoms with Crippen molar-refractivity contribution < 1.29 is 9.26 Å². The standard InChI is InChI=1S/C15H20BrN3O2/c1-9(2)15-18-13(19-21-15)8-20-14-11(7-10(3)17)5-4-6-12(14)16/h4-6,9-10H,7-8,17H2,1-3H3. The second-order valence-electron chi connectivity index (χ2n) is 5.40. The quantitative estimate of drug-likeness (QED) is 0.860. The Labute approximate surface area is 133 Å². The zero-order chi connectivity index (χ0) is 15.4. The van der Waals surface area contributed by atoms with Crippen molar-refractivity contribution in [2.75, 3.05) is 0 Å². The Morgan fingerprint density at radius 3 is 2.71 bits per heavy atom. The fourth-order valence-corrected chi connectivity index (χ4v) is 2.44. The second kappa shape index (κ2) is 7.04. The largest absolute Gasteiger partial charge is 0.484 e. The van der Waals surface area contributed by atoms with Crippen LogP contribution in [0.25, 0.3) is 0 Å². The molecule has 0 aliphatic carbocycles. The molecule has 0 saturated carbocycles. The highest BCUT2D eigenvalue weighted by molar-refractivity contribution is 9.10. The van der Waals surface area contributed by atoms with Crippen molar-refractivity contribution in [3.05, 3.63) is 40.0 Å². The summed E-state index contributed by atoms with van der Waals surface area (Å²) in [7, 11) is 0. The van der Waals surface area contributed by atoms with Crippen molar-refractivity contribution in [1.29, 1.82) is 0 Å². The lowest BCUT2D eigenvalue weighted by Gasteiger charge is -2.13. The molecule has 0 aliphatic heterocycles. The average molecular weight is 354 g/mol. The summed E-state index contributed by atoms with van der Waals surface area (Å²) < 4.78 is 11.9. The SMILES string of the molecule is CC(N)Cc1cccc(Br)c1OCc1noc(C(C)C)n1. The molecule has 2 N–H and O–H groups in total. The Bertz CT molecular complexity index is 596. The maximum Gasteiger partial charge on any atom is 0.229 e. The number of nitrogens with zero attached hydrogens (tertiary/aromatic N) is 2. The van der Waals surface area contributed by atoms with Gasteiger partial charge in [0.2, 0.25) is 11.7 Å². The molecule has 0 bridgehead atoms. The highest BCUT2D eigenvalue weighted by atomic mass is 79.9. The van der Waals surface area contributed by atoms with E-state index >= 15 is 0 Å². The maximum absolute atomic E-state index is 5.88. The first-order valence-corrected chi connectivity index (χ1v) is 7.75. The van der Waals surface area contributed by atoms with Crippen LogP contribution in [0.1, 0.15) is 44.0 Å². The van der Waals surface area contributed by atoms with Gasteiger partial charge in [-0.1, -0.05) is 31.1 Å². The third-order valence-electron chi connectivity index (χ3n) is 2.91. The van der Waals surface area contributed by atoms with Gasteiger partial charge in [-0.2, -0.15) is 4.98 Å². The number of aromatic nitrogens is 2. The van der Waals surface area contributed by atoms with Gasteiger partial charge in [-0.05, 0) is 40.9 Å². The smallest absolute Gasteiger partial charge is 0.229 e. The number of nitrogens with two attached hydrogens (primary N) is 1. The predicted molar refractivity (Wildman–Crippen MR) is 84.2 cm³/mol. The first-order valence-electron chi connectivity index (χ1n) is 6.95. The van der Waals surface area contributed by atoms with E-state index < -0.39 is 0 Å². The van der Waals surface area contributed by atoms with Gasteiger partial charge in [0, 0.05) is 12.0 Å². The van der Waals surface area contributed by atoms with Crippen LogP contribution in [0, 0.1) is 0 Å². The molecule has 114 valence electrons. The molecule has 1 unspecified atom stereocenters. The normalized spacial score (nSPS) is 12.7. The van der Waals surface area contributed by atoms with Crippen molar-refractivity contribution in [1.82, 2.24) is 10.1 Å². The summed E-state index contributed by atoms with van der Waals surface area (Å²) in [6, 6.07) is 5.99. The van der Waals surface area contributed by atoms with Gasteiger partial charge in [-0.3, -0.25) is 0 Å². The molecular formula is C15H20BrN3O2. The Kier molecular flexibility index (Phi) is 5.36. The summed E-state index contributed by atoms with van der Waals surface area (Å²) in [5.74, 6) is 2.16. The van der Waals surface area contributed by atoms with Crippen LogP contribution in [0.5, 0.6) is 5.75 Å². The van der Waals surface area contributed by atoms with E-state index in [1.807, 2.05) is 39.0 Å². The number of benzene rings is 1. The topological polar surface area (TPSA) is 74.2 Å². The fraction of sp³-hybridized carbons (Fsp3) is 0.467. The zero-order valence-electron chi connectivity index (χ0n) is 12.5. The Morgan fingerprint density at radius 1 is 1.33 bits per heavy atom. The Hall–Kier alpha value is -1.40. The number of rotatable bonds is 6. The molecule has 2 rings (SSSR count). The van der Waals surface area contributed by atoms with Crippen molar-refractivity contribution in [3.63, 3.8) is 0 Å². The number of para-hydroxylation sites is 1. The molecule has 0 amide bonds. The van der Waals surface area contributed by atoms with Crippen molar-refractivity contribution >= 4 is 15.9 Å². The minimum Gasteiger partial charge on any atom is -0.484 e. The predicted octanol–water partition coefficient (Wildman–Crippen LogP) is 3.42. The van der Waals surface area contributed by atoms with Gasteiger partial charge in [-0.15, -0.1) is 0 Å². The minimum absolute atomic E-state index is 0.0689. The van der Waals surface area contributed by atoms with Gasteiger partial charge < -0.3 is 15.0 Å². The first-order chi connectivity index (χ1) is 9.97. The Balaban J connectivity index is 2.11. The van der Waals surface area contributed by atoms with E-state index in [0.29, 0.717) is 11.7 Å². The molecule has 0 aliphatic rings. The van der Waals surface area contributed by atoms with E-state index in [0.717, 1.165) is 22.2 Å². The van der Waals surface area contributed by atoms with Crippen LogP contribution < -0.4 is 10.5 Å². The van der Waals surface area contributed by atoms with E-state index in [1.165, 1.54) is 0 Å². The summed E-state index contributed by atoms with van der Waals surface area (Å²) in [4.78, 5) is 4.30. The summed E-state index contributed by atoms with van der Waals surface area (Å²) in [5.41, 5.74) is 6.94. The van der Waals surface area contributed by atoms with Crippen LogP contribution in [0.4, 0.5) is 0 Å². The molecule has 5 nitrogen and oxygen atoms in total. The molecule has 0 saturated heterocycles. The van der Waals surface area contributed by atoms with E-state index in [9.17, 15) is 0 Å². The summed E-state index contributed by atoms with van der Waals surface area (Å²) in [6.07, 6.45) is 0.748. The molecule has 1 aromatic carbocycles. The van der Waals surface area contributed by atoms with Crippen LogP contribution >= 0.6 is 15.9 Å². The summed E-state index contributed by atoms with van der Waals surface area (Å²) in [6.45, 7) is 6.25. The van der Waals surface area contributed by atoms with Crippen LogP contribution in [0.15, 0.2) is 27.2 Å². The van der Waals surface area contributed by atoms with E-state index in [4.69, 9.17) is 15.0 Å². The number of hydrogen-bond acceptors (Lipinski definition) is 5. The molecule has 2 aromatic rings. The monoisotopic (exact) mass is 353 g/mol. The second-order valence-corrected chi connectivity index (χ2v) is 6.26. The average Bonchev–Trinajstić information content (AvgIpc) is 2.86. The molecule has 1 atom stereocenters. The minimum atomic E-state index is 0.0689. The van der Waals surface area contributed by atoms with E-state index in [1.54, 1.807) is 0 Å². The van der Waals surface area contributed by atoms with Gasteiger partial charge in [0.15, 0.2) is 6.61 Å². The lowest BCUT2D eigenvalue weighted by molar-refractivity contribution is 0.280. The number of halogens is 1. The molecule has 0 spiro atoms. The lowest BCUT2D eigenvalue weighted by Crippen LogP contribution is -2.18. The molecule has 0 fully saturated rings. The lowest BCUT2D eigenvalue weighted by atomic mass is 10.1. The van der Waals surface area contributed by atoms with Crippen molar-refractivity contribution in [2.45, 2.75) is 45.8 Å². The highest BCUT2D eigenvalue weighted by Gasteiger charge is 2.13. The Morgan fingerprint density at radius 2 is 2.10 bits per heavy atom. The van der Waals surface area contributed by atoms with E-state index in [2.05, 4.69) is 26.1 Å². The van der Waals surface area contributed by atoms with Crippen LogP contribution in [0.3, 0.4) is 0 Å². The first kappa shape index (κ1) is 16.0. The number of ether oxygens (including phenoxy) is 1. The van der Waals surface area contributed by atoms with Crippen LogP contribution in [0.2, 0.25) is 0 Å². The molecular weight excluding hydrogens is 334 g/mol. The van der Waals surface area contributed by atoms with Crippen LogP contribution in [-0.2, 0) is 13.0 Å². The fourth-order valence-electron chi connectivity index (χ4n) is 1.92. The molecule has 1 aromatic heterocycles. The maximum atomic E-state index is 5.88. The van der Waals surface area contributed by atoms with Crippen LogP contribution in [-0.4, -0.2) is 16.2 Å². The van der Waals surface area contributed by atoms with E-state index in [-0.39, 0.29) is 18.6 Å². The van der Waals surface area contributed by atoms with Crippen molar-refractivity contribution in [3.8, 4) is 5.75 Å². The molecule has 1 heterocycles. The molecule has 0 radical (unpaired) electrons. The third-order valence-corrected chi connectivity index (χ3v) is 3.54. The third kappa shape index (κ3) is 4.28. The van der Waals surface area contributed by atoms with Crippen molar-refractivity contribution in [2.24, 2.45) is 5.73 Å². The molecule has 6 heteroatoms. The van der Waals surface area contributed by atoms with Gasteiger partial charge >= 0.3 is 0 Å². The van der Waals surface area contributed by atoms with Gasteiger partial charge in [0.25, 0.3) is 0 Å². The van der Waals surface area contributed by atoms with Gasteiger partial charge in [0.1, 0.15) is 5.75 Å². The summed E-state index contributed by atoms with van der Waals surface area (Å²) in [5, 5.41) is 3.92. The highest BCUT2D eigenvalue weighted by Crippen LogP contribution is 2.30. The van der Waals surface area contributed by atoms with Gasteiger partial charge in [-0.25, -0.2) is 0 Å². The number of hydrogen-bond donors (Lipinski definition) is 1. The summed E-state index contributed by atoms with van der Waals surface area (Å²) >= 11 is 3.51. The molecule has 21 heavy (non-hydrogen) atoms.